The van der Waals surface area contributed by atoms with E-state index in [0.717, 1.165) is 5.56 Å². The molecule has 0 heterocycles. The van der Waals surface area contributed by atoms with Crippen molar-refractivity contribution in [1.82, 2.24) is 0 Å². The number of hydrogen-bond donors (Lipinski definition) is 2. The number of carboxylic acid groups (broad SMARTS) is 1. The van der Waals surface area contributed by atoms with Gasteiger partial charge in [0.25, 0.3) is 0 Å². The maximum Gasteiger partial charge on any atom is 0.340 e. The lowest BCUT2D eigenvalue weighted by atomic mass is 9.72. The van der Waals surface area contributed by atoms with E-state index in [1.54, 1.807) is 0 Å². The van der Waals surface area contributed by atoms with E-state index in [9.17, 15) is 9.18 Å². The van der Waals surface area contributed by atoms with Crippen molar-refractivity contribution in [1.29, 1.82) is 0 Å². The second kappa shape index (κ2) is 5.04. The molecule has 1 aromatic rings. The van der Waals surface area contributed by atoms with Gasteiger partial charge < -0.3 is 15.6 Å². The molecule has 1 fully saturated rings. The summed E-state index contributed by atoms with van der Waals surface area (Å²) in [7, 11) is 0. The quantitative estimate of drug-likeness (QED) is 0.833. The zero-order valence-electron chi connectivity index (χ0n) is 9.88. The molecule has 0 aliphatic heterocycles. The molecule has 18 heavy (non-hydrogen) atoms. The Kier molecular flexibility index (Phi) is 3.63. The van der Waals surface area contributed by atoms with Crippen molar-refractivity contribution in [3.8, 4) is 0 Å². The van der Waals surface area contributed by atoms with Gasteiger partial charge in [-0.2, -0.15) is 0 Å². The van der Waals surface area contributed by atoms with Gasteiger partial charge in [0.05, 0.1) is 18.2 Å². The predicted molar refractivity (Wildman–Crippen MR) is 63.7 cm³/mol. The van der Waals surface area contributed by atoms with Crippen LogP contribution in [0.5, 0.6) is 0 Å². The summed E-state index contributed by atoms with van der Waals surface area (Å²) in [6.45, 7) is 0.436. The van der Waals surface area contributed by atoms with E-state index in [2.05, 4.69) is 0 Å². The van der Waals surface area contributed by atoms with Gasteiger partial charge in [-0.25, -0.2) is 9.18 Å². The molecule has 0 radical (unpaired) electrons. The Labute approximate surface area is 105 Å². The Bertz CT molecular complexity index is 418. The zero-order chi connectivity index (χ0) is 13.2. The van der Waals surface area contributed by atoms with Crippen molar-refractivity contribution < 1.29 is 19.0 Å². The van der Waals surface area contributed by atoms with Gasteiger partial charge in [0, 0.05) is 0 Å². The molecule has 1 aliphatic carbocycles. The standard InChI is InChI=1S/C13H16FNO3/c14-11(12(16)17)13(15)6-10(7-13)18-8-9-4-2-1-3-5-9/h1-5,10-11H,6-8,15H2,(H,16,17). The molecule has 1 aromatic carbocycles. The van der Waals surface area contributed by atoms with Crippen molar-refractivity contribution >= 4 is 5.97 Å². The molecule has 1 aliphatic rings. The number of halogens is 1. The lowest BCUT2D eigenvalue weighted by Crippen LogP contribution is -2.63. The van der Waals surface area contributed by atoms with Crippen LogP contribution < -0.4 is 5.73 Å². The Hall–Kier alpha value is -1.46. The fraction of sp³-hybridized carbons (Fsp3) is 0.462. The molecule has 0 amide bonds. The largest absolute Gasteiger partial charge is 0.479 e. The maximum atomic E-state index is 13.3. The average Bonchev–Trinajstić information content (AvgIpc) is 2.33. The van der Waals surface area contributed by atoms with E-state index in [4.69, 9.17) is 15.6 Å². The smallest absolute Gasteiger partial charge is 0.340 e. The topological polar surface area (TPSA) is 72.6 Å². The zero-order valence-corrected chi connectivity index (χ0v) is 9.88. The lowest BCUT2D eigenvalue weighted by Gasteiger charge is -2.45. The summed E-state index contributed by atoms with van der Waals surface area (Å²) in [6.07, 6.45) is -1.69. The van der Waals surface area contributed by atoms with Crippen LogP contribution in [0.3, 0.4) is 0 Å². The van der Waals surface area contributed by atoms with E-state index < -0.39 is 17.7 Å². The van der Waals surface area contributed by atoms with Crippen LogP contribution >= 0.6 is 0 Å². The van der Waals surface area contributed by atoms with Gasteiger partial charge in [-0.1, -0.05) is 30.3 Å². The number of benzene rings is 1. The summed E-state index contributed by atoms with van der Waals surface area (Å²) >= 11 is 0. The minimum absolute atomic E-state index is 0.159. The highest BCUT2D eigenvalue weighted by Crippen LogP contribution is 2.37. The molecule has 2 rings (SSSR count). The molecule has 98 valence electrons. The maximum absolute atomic E-state index is 13.3. The van der Waals surface area contributed by atoms with E-state index in [0.29, 0.717) is 6.61 Å². The first-order valence-electron chi connectivity index (χ1n) is 5.82. The van der Waals surface area contributed by atoms with Crippen LogP contribution in [0.4, 0.5) is 4.39 Å². The summed E-state index contributed by atoms with van der Waals surface area (Å²) in [5.41, 5.74) is 5.43. The molecular weight excluding hydrogens is 237 g/mol. The normalized spacial score (nSPS) is 28.4. The first-order valence-corrected chi connectivity index (χ1v) is 5.82. The first kappa shape index (κ1) is 13.0. The number of rotatable bonds is 5. The average molecular weight is 253 g/mol. The molecule has 4 nitrogen and oxygen atoms in total. The van der Waals surface area contributed by atoms with Gasteiger partial charge in [0.15, 0.2) is 0 Å². The van der Waals surface area contributed by atoms with E-state index in [-0.39, 0.29) is 18.9 Å². The second-order valence-corrected chi connectivity index (χ2v) is 4.76. The number of aliphatic carboxylic acids is 1. The molecule has 0 aromatic heterocycles. The van der Waals surface area contributed by atoms with Crippen molar-refractivity contribution in [2.45, 2.75) is 37.3 Å². The minimum atomic E-state index is -2.02. The van der Waals surface area contributed by atoms with Gasteiger partial charge in [-0.3, -0.25) is 0 Å². The van der Waals surface area contributed by atoms with Gasteiger partial charge in [-0.15, -0.1) is 0 Å². The Balaban J connectivity index is 1.78. The van der Waals surface area contributed by atoms with Crippen LogP contribution in [-0.2, 0) is 16.1 Å². The lowest BCUT2D eigenvalue weighted by molar-refractivity contribution is -0.152. The fourth-order valence-electron chi connectivity index (χ4n) is 2.15. The van der Waals surface area contributed by atoms with Crippen molar-refractivity contribution in [3.05, 3.63) is 35.9 Å². The van der Waals surface area contributed by atoms with Gasteiger partial charge in [0.1, 0.15) is 0 Å². The third-order valence-electron chi connectivity index (χ3n) is 3.27. The summed E-state index contributed by atoms with van der Waals surface area (Å²) < 4.78 is 18.9. The highest BCUT2D eigenvalue weighted by molar-refractivity contribution is 5.74. The van der Waals surface area contributed by atoms with Crippen molar-refractivity contribution in [2.24, 2.45) is 5.73 Å². The third-order valence-corrected chi connectivity index (χ3v) is 3.27. The molecular formula is C13H16FNO3. The predicted octanol–water partition coefficient (Wildman–Crippen LogP) is 1.49. The van der Waals surface area contributed by atoms with Crippen LogP contribution in [0.2, 0.25) is 0 Å². The van der Waals surface area contributed by atoms with Crippen LogP contribution in [0.25, 0.3) is 0 Å². The highest BCUT2D eigenvalue weighted by Gasteiger charge is 2.51. The molecule has 0 spiro atoms. The number of nitrogens with two attached hydrogens (primary N) is 1. The van der Waals surface area contributed by atoms with Crippen LogP contribution in [-0.4, -0.2) is 28.9 Å². The minimum Gasteiger partial charge on any atom is -0.479 e. The number of ether oxygens (including phenoxy) is 1. The number of hydrogen-bond acceptors (Lipinski definition) is 3. The van der Waals surface area contributed by atoms with E-state index in [1.165, 1.54) is 0 Å². The van der Waals surface area contributed by atoms with Crippen LogP contribution in [0.1, 0.15) is 18.4 Å². The van der Waals surface area contributed by atoms with Gasteiger partial charge in [-0.05, 0) is 18.4 Å². The fourth-order valence-corrected chi connectivity index (χ4v) is 2.15. The monoisotopic (exact) mass is 253 g/mol. The SMILES string of the molecule is NC1(C(F)C(=O)O)CC(OCc2ccccc2)C1. The Morgan fingerprint density at radius 2 is 2.11 bits per heavy atom. The molecule has 0 bridgehead atoms. The second-order valence-electron chi connectivity index (χ2n) is 4.76. The van der Waals surface area contributed by atoms with Gasteiger partial charge >= 0.3 is 5.97 Å². The molecule has 0 saturated heterocycles. The van der Waals surface area contributed by atoms with Crippen LogP contribution in [0, 0.1) is 0 Å². The molecule has 1 saturated carbocycles. The van der Waals surface area contributed by atoms with Gasteiger partial charge in [0.2, 0.25) is 6.17 Å². The Morgan fingerprint density at radius 3 is 2.67 bits per heavy atom. The third kappa shape index (κ3) is 2.68. The number of carboxylic acids is 1. The van der Waals surface area contributed by atoms with Crippen LogP contribution in [0.15, 0.2) is 30.3 Å². The summed E-state index contributed by atoms with van der Waals surface area (Å²) in [6, 6.07) is 9.61. The summed E-state index contributed by atoms with van der Waals surface area (Å²) in [5.74, 6) is -1.50. The highest BCUT2D eigenvalue weighted by atomic mass is 19.1. The van der Waals surface area contributed by atoms with E-state index >= 15 is 0 Å². The van der Waals surface area contributed by atoms with E-state index in [1.807, 2.05) is 30.3 Å². The number of carbonyl (C=O) groups is 1. The van der Waals surface area contributed by atoms with Crippen molar-refractivity contribution in [3.63, 3.8) is 0 Å². The molecule has 5 heteroatoms. The Morgan fingerprint density at radius 1 is 1.50 bits per heavy atom. The molecule has 1 atom stereocenters. The summed E-state index contributed by atoms with van der Waals surface area (Å²) in [4.78, 5) is 10.5. The first-order chi connectivity index (χ1) is 8.51. The molecule has 3 N–H and O–H groups in total. The van der Waals surface area contributed by atoms with Crippen molar-refractivity contribution in [2.75, 3.05) is 0 Å². The summed E-state index contributed by atoms with van der Waals surface area (Å²) in [5, 5.41) is 8.58. The molecule has 1 unspecified atom stereocenters. The number of alkyl halides is 1.